The van der Waals surface area contributed by atoms with Crippen LogP contribution >= 0.6 is 0 Å². The van der Waals surface area contributed by atoms with E-state index >= 15 is 0 Å². The number of rotatable bonds is 5. The van der Waals surface area contributed by atoms with Crippen LogP contribution in [0.15, 0.2) is 18.2 Å². The van der Waals surface area contributed by atoms with E-state index < -0.39 is 29.6 Å². The molecule has 1 aliphatic heterocycles. The molecular formula is C16H21FN2O5. The van der Waals surface area contributed by atoms with Crippen LogP contribution in [0.25, 0.3) is 0 Å². The lowest BCUT2D eigenvalue weighted by Gasteiger charge is -2.32. The van der Waals surface area contributed by atoms with Gasteiger partial charge in [0.2, 0.25) is 5.91 Å². The van der Waals surface area contributed by atoms with Crippen molar-refractivity contribution in [3.8, 4) is 5.75 Å². The molecule has 1 aromatic carbocycles. The fraction of sp³-hybridized carbons (Fsp3) is 0.500. The number of aromatic hydroxyl groups is 1. The first-order chi connectivity index (χ1) is 11.4. The number of hydrogen-bond acceptors (Lipinski definition) is 5. The van der Waals surface area contributed by atoms with E-state index in [1.54, 1.807) is 14.1 Å². The number of phenols is 1. The van der Waals surface area contributed by atoms with Crippen LogP contribution in [0, 0.1) is 5.82 Å². The fourth-order valence-electron chi connectivity index (χ4n) is 2.29. The van der Waals surface area contributed by atoms with Gasteiger partial charge in [-0.25, -0.2) is 4.39 Å². The van der Waals surface area contributed by atoms with Gasteiger partial charge in [0.05, 0.1) is 18.2 Å². The number of nitrogens with zero attached hydrogens (tertiary/aromatic N) is 1. The van der Waals surface area contributed by atoms with E-state index in [4.69, 9.17) is 9.47 Å². The number of carbonyl (C=O) groups excluding carboxylic acids is 2. The number of hydrogen-bond donors (Lipinski definition) is 2. The van der Waals surface area contributed by atoms with Gasteiger partial charge in [0.1, 0.15) is 12.7 Å². The second-order valence-corrected chi connectivity index (χ2v) is 5.72. The predicted octanol–water partition coefficient (Wildman–Crippen LogP) is 0.523. The average Bonchev–Trinajstić information content (AvgIpc) is 2.56. The normalized spacial score (nSPS) is 20.5. The van der Waals surface area contributed by atoms with Crippen LogP contribution in [-0.4, -0.2) is 67.9 Å². The molecule has 1 saturated heterocycles. The molecule has 0 radical (unpaired) electrons. The minimum Gasteiger partial charge on any atom is -0.504 e. The Labute approximate surface area is 139 Å². The van der Waals surface area contributed by atoms with Crippen LogP contribution in [0.4, 0.5) is 4.39 Å². The number of ether oxygens (including phenoxy) is 2. The molecule has 132 valence electrons. The SMILES string of the molecule is CN(C)C(=O)CO[C@@H]1COCC[C@H]1NC(=O)c1cccc(F)c1O. The molecule has 0 aromatic heterocycles. The number of likely N-dealkylation sites (N-methyl/N-ethyl adjacent to an activating group) is 1. The Morgan fingerprint density at radius 3 is 2.92 bits per heavy atom. The Bertz CT molecular complexity index is 608. The van der Waals surface area contributed by atoms with Gasteiger partial charge in [0.15, 0.2) is 11.6 Å². The Morgan fingerprint density at radius 2 is 2.21 bits per heavy atom. The topological polar surface area (TPSA) is 88.1 Å². The zero-order valence-electron chi connectivity index (χ0n) is 13.6. The molecule has 2 rings (SSSR count). The lowest BCUT2D eigenvalue weighted by molar-refractivity contribution is -0.140. The first-order valence-electron chi connectivity index (χ1n) is 7.58. The highest BCUT2D eigenvalue weighted by molar-refractivity contribution is 5.97. The Kier molecular flexibility index (Phi) is 6.10. The van der Waals surface area contributed by atoms with Crippen LogP contribution in [0.2, 0.25) is 0 Å². The van der Waals surface area contributed by atoms with E-state index in [-0.39, 0.29) is 24.7 Å². The van der Waals surface area contributed by atoms with E-state index in [0.29, 0.717) is 13.0 Å². The summed E-state index contributed by atoms with van der Waals surface area (Å²) in [6.07, 6.45) is -0.00914. The molecule has 0 spiro atoms. The molecule has 1 heterocycles. The first kappa shape index (κ1) is 18.2. The predicted molar refractivity (Wildman–Crippen MR) is 83.2 cm³/mol. The molecule has 1 aromatic rings. The minimum absolute atomic E-state index is 0.126. The van der Waals surface area contributed by atoms with Crippen molar-refractivity contribution in [3.05, 3.63) is 29.6 Å². The number of halogens is 1. The highest BCUT2D eigenvalue weighted by Gasteiger charge is 2.29. The summed E-state index contributed by atoms with van der Waals surface area (Å²) in [5, 5.41) is 12.4. The average molecular weight is 340 g/mol. The van der Waals surface area contributed by atoms with E-state index in [1.165, 1.54) is 17.0 Å². The van der Waals surface area contributed by atoms with Gasteiger partial charge in [-0.3, -0.25) is 9.59 Å². The van der Waals surface area contributed by atoms with Gasteiger partial charge in [0, 0.05) is 20.7 Å². The Balaban J connectivity index is 2.01. The van der Waals surface area contributed by atoms with Gasteiger partial charge in [-0.1, -0.05) is 6.07 Å². The highest BCUT2D eigenvalue weighted by atomic mass is 19.1. The summed E-state index contributed by atoms with van der Waals surface area (Å²) in [7, 11) is 3.24. The molecule has 1 fully saturated rings. The van der Waals surface area contributed by atoms with Gasteiger partial charge in [-0.05, 0) is 18.6 Å². The van der Waals surface area contributed by atoms with Crippen molar-refractivity contribution >= 4 is 11.8 Å². The zero-order valence-corrected chi connectivity index (χ0v) is 13.6. The van der Waals surface area contributed by atoms with Gasteiger partial charge < -0.3 is 24.8 Å². The maximum Gasteiger partial charge on any atom is 0.255 e. The van der Waals surface area contributed by atoms with Gasteiger partial charge in [-0.15, -0.1) is 0 Å². The second kappa shape index (κ2) is 8.07. The van der Waals surface area contributed by atoms with Crippen LogP contribution in [-0.2, 0) is 14.3 Å². The third-order valence-corrected chi connectivity index (χ3v) is 3.77. The quantitative estimate of drug-likeness (QED) is 0.816. The third-order valence-electron chi connectivity index (χ3n) is 3.77. The molecule has 8 heteroatoms. The van der Waals surface area contributed by atoms with Crippen LogP contribution < -0.4 is 5.32 Å². The second-order valence-electron chi connectivity index (χ2n) is 5.72. The third kappa shape index (κ3) is 4.42. The summed E-state index contributed by atoms with van der Waals surface area (Å²) in [6, 6.07) is 3.35. The molecule has 0 aliphatic carbocycles. The van der Waals surface area contributed by atoms with E-state index in [2.05, 4.69) is 5.32 Å². The maximum atomic E-state index is 13.4. The summed E-state index contributed by atoms with van der Waals surface area (Å²) in [5.74, 6) is -2.36. The summed E-state index contributed by atoms with van der Waals surface area (Å²) < 4.78 is 24.2. The fourth-order valence-corrected chi connectivity index (χ4v) is 2.29. The largest absolute Gasteiger partial charge is 0.504 e. The van der Waals surface area contributed by atoms with Gasteiger partial charge in [0.25, 0.3) is 5.91 Å². The Hall–Kier alpha value is -2.19. The molecule has 2 N–H and O–H groups in total. The number of para-hydroxylation sites is 1. The molecule has 1 aliphatic rings. The molecule has 2 amide bonds. The standard InChI is InChI=1S/C16H21FN2O5/c1-19(2)14(20)9-24-13-8-23-7-6-12(13)18-16(22)10-4-3-5-11(17)15(10)21/h3-5,12-13,21H,6-9H2,1-2H3,(H,18,22)/t12-,13-/m1/s1. The number of carbonyl (C=O) groups is 2. The summed E-state index contributed by atoms with van der Waals surface area (Å²) in [6.45, 7) is 0.543. The molecule has 0 bridgehead atoms. The number of phenolic OH excluding ortho intramolecular Hbond substituents is 1. The van der Waals surface area contributed by atoms with Crippen molar-refractivity contribution in [2.45, 2.75) is 18.6 Å². The van der Waals surface area contributed by atoms with Gasteiger partial charge in [-0.2, -0.15) is 0 Å². The minimum atomic E-state index is -0.862. The lowest BCUT2D eigenvalue weighted by Crippen LogP contribution is -2.50. The van der Waals surface area contributed by atoms with Crippen molar-refractivity contribution in [2.75, 3.05) is 33.9 Å². The monoisotopic (exact) mass is 340 g/mol. The zero-order chi connectivity index (χ0) is 17.7. The van der Waals surface area contributed by atoms with Crippen molar-refractivity contribution in [1.29, 1.82) is 0 Å². The van der Waals surface area contributed by atoms with Crippen molar-refractivity contribution < 1.29 is 28.6 Å². The number of benzene rings is 1. The molecule has 24 heavy (non-hydrogen) atoms. The van der Waals surface area contributed by atoms with E-state index in [1.807, 2.05) is 0 Å². The van der Waals surface area contributed by atoms with Crippen LogP contribution in [0.3, 0.4) is 0 Å². The maximum absolute atomic E-state index is 13.4. The highest BCUT2D eigenvalue weighted by Crippen LogP contribution is 2.21. The summed E-state index contributed by atoms with van der Waals surface area (Å²) >= 11 is 0. The van der Waals surface area contributed by atoms with Crippen LogP contribution in [0.1, 0.15) is 16.8 Å². The van der Waals surface area contributed by atoms with E-state index in [0.717, 1.165) is 6.07 Å². The number of amides is 2. The van der Waals surface area contributed by atoms with E-state index in [9.17, 15) is 19.1 Å². The molecule has 2 atom stereocenters. The van der Waals surface area contributed by atoms with Gasteiger partial charge >= 0.3 is 0 Å². The molecule has 0 saturated carbocycles. The van der Waals surface area contributed by atoms with Crippen molar-refractivity contribution in [3.63, 3.8) is 0 Å². The number of nitrogens with one attached hydrogen (secondary N) is 1. The Morgan fingerprint density at radius 1 is 1.46 bits per heavy atom. The van der Waals surface area contributed by atoms with Crippen molar-refractivity contribution in [1.82, 2.24) is 10.2 Å². The van der Waals surface area contributed by atoms with Crippen molar-refractivity contribution in [2.24, 2.45) is 0 Å². The first-order valence-corrected chi connectivity index (χ1v) is 7.58. The molecule has 0 unspecified atom stereocenters. The summed E-state index contributed by atoms with van der Waals surface area (Å²) in [4.78, 5) is 25.3. The smallest absolute Gasteiger partial charge is 0.255 e. The van der Waals surface area contributed by atoms with Crippen LogP contribution in [0.5, 0.6) is 5.75 Å². The molecule has 7 nitrogen and oxygen atoms in total. The lowest BCUT2D eigenvalue weighted by atomic mass is 10.0. The molecular weight excluding hydrogens is 319 g/mol. The summed E-state index contributed by atoms with van der Waals surface area (Å²) in [5.41, 5.74) is -0.149.